The van der Waals surface area contributed by atoms with E-state index in [2.05, 4.69) is 4.74 Å². The minimum Gasteiger partial charge on any atom is -0.465 e. The van der Waals surface area contributed by atoms with E-state index in [-0.39, 0.29) is 5.69 Å². The highest BCUT2D eigenvalue weighted by Crippen LogP contribution is 2.27. The van der Waals surface area contributed by atoms with Crippen LogP contribution < -0.4 is 0 Å². The largest absolute Gasteiger partial charge is 0.465 e. The molecule has 0 atom stereocenters. The number of hydrogen-bond acceptors (Lipinski definition) is 5. The lowest BCUT2D eigenvalue weighted by Gasteiger charge is -2.08. The van der Waals surface area contributed by atoms with Crippen molar-refractivity contribution in [2.24, 2.45) is 0 Å². The summed E-state index contributed by atoms with van der Waals surface area (Å²) in [4.78, 5) is 22.2. The van der Waals surface area contributed by atoms with E-state index in [0.29, 0.717) is 24.3 Å². The predicted molar refractivity (Wildman–Crippen MR) is 89.8 cm³/mol. The van der Waals surface area contributed by atoms with Gasteiger partial charge in [-0.05, 0) is 41.3 Å². The number of nitro benzene ring substituents is 1. The van der Waals surface area contributed by atoms with Crippen molar-refractivity contribution in [2.75, 3.05) is 13.7 Å². The van der Waals surface area contributed by atoms with Gasteiger partial charge in [-0.15, -0.1) is 0 Å². The molecule has 6 nitrogen and oxygen atoms in total. The molecule has 0 bridgehead atoms. The number of nitrogens with zero attached hydrogens (tertiary/aromatic N) is 1. The van der Waals surface area contributed by atoms with Crippen LogP contribution in [-0.2, 0) is 16.1 Å². The molecule has 0 N–H and O–H groups in total. The number of hydrogen-bond donors (Lipinski definition) is 0. The molecule has 2 aromatic carbocycles. The normalized spacial score (nSPS) is 10.4. The number of benzene rings is 2. The third-order valence-corrected chi connectivity index (χ3v) is 3.44. The standard InChI is InChI=1S/C18H19NO5/c1-3-8-24-12-13-9-16(11-17(10-13)19(21)22)14-4-6-15(7-5-14)18(20)23-2/h4-7,9-11H,3,8,12H2,1-2H3. The molecule has 0 heterocycles. The first-order valence-electron chi connectivity index (χ1n) is 7.60. The summed E-state index contributed by atoms with van der Waals surface area (Å²) in [5.41, 5.74) is 2.67. The zero-order valence-corrected chi connectivity index (χ0v) is 13.7. The highest BCUT2D eigenvalue weighted by atomic mass is 16.6. The molecule has 0 aromatic heterocycles. The molecule has 0 unspecified atom stereocenters. The van der Waals surface area contributed by atoms with Gasteiger partial charge < -0.3 is 9.47 Å². The van der Waals surface area contributed by atoms with Gasteiger partial charge in [0.25, 0.3) is 5.69 Å². The molecule has 0 spiro atoms. The van der Waals surface area contributed by atoms with Gasteiger partial charge in [-0.2, -0.15) is 0 Å². The zero-order chi connectivity index (χ0) is 17.5. The smallest absolute Gasteiger partial charge is 0.337 e. The highest BCUT2D eigenvalue weighted by Gasteiger charge is 2.12. The van der Waals surface area contributed by atoms with Gasteiger partial charge in [0.05, 0.1) is 24.2 Å². The number of carbonyl (C=O) groups is 1. The van der Waals surface area contributed by atoms with Crippen LogP contribution >= 0.6 is 0 Å². The topological polar surface area (TPSA) is 78.7 Å². The summed E-state index contributed by atoms with van der Waals surface area (Å²) in [6.07, 6.45) is 0.886. The van der Waals surface area contributed by atoms with Crippen LogP contribution in [0.25, 0.3) is 11.1 Å². The van der Waals surface area contributed by atoms with Crippen LogP contribution in [0.2, 0.25) is 0 Å². The summed E-state index contributed by atoms with van der Waals surface area (Å²) in [7, 11) is 1.32. The molecule has 2 aromatic rings. The average Bonchev–Trinajstić information content (AvgIpc) is 2.61. The minimum atomic E-state index is -0.422. The Balaban J connectivity index is 2.33. The molecular formula is C18H19NO5. The van der Waals surface area contributed by atoms with Crippen molar-refractivity contribution in [3.8, 4) is 11.1 Å². The van der Waals surface area contributed by atoms with Gasteiger partial charge in [0.1, 0.15) is 0 Å². The summed E-state index contributed by atoms with van der Waals surface area (Å²) in [5.74, 6) is -0.422. The van der Waals surface area contributed by atoms with Crippen molar-refractivity contribution < 1.29 is 19.2 Å². The lowest BCUT2D eigenvalue weighted by atomic mass is 10.0. The summed E-state index contributed by atoms with van der Waals surface area (Å²) >= 11 is 0. The highest BCUT2D eigenvalue weighted by molar-refractivity contribution is 5.90. The first kappa shape index (κ1) is 17.6. The number of carbonyl (C=O) groups excluding carboxylic acids is 1. The first-order chi connectivity index (χ1) is 11.5. The van der Waals surface area contributed by atoms with Crippen molar-refractivity contribution in [3.63, 3.8) is 0 Å². The minimum absolute atomic E-state index is 0.0136. The van der Waals surface area contributed by atoms with Crippen LogP contribution in [0, 0.1) is 10.1 Å². The number of esters is 1. The third kappa shape index (κ3) is 4.39. The number of ether oxygens (including phenoxy) is 2. The SMILES string of the molecule is CCCOCc1cc(-c2ccc(C(=O)OC)cc2)cc([N+](=O)[O-])c1. The summed E-state index contributed by atoms with van der Waals surface area (Å²) in [6, 6.07) is 11.6. The van der Waals surface area contributed by atoms with E-state index in [1.165, 1.54) is 19.2 Å². The van der Waals surface area contributed by atoms with E-state index in [0.717, 1.165) is 17.5 Å². The van der Waals surface area contributed by atoms with Gasteiger partial charge in [-0.25, -0.2) is 4.79 Å². The Morgan fingerprint density at radius 1 is 1.12 bits per heavy atom. The second-order valence-electron chi connectivity index (χ2n) is 5.27. The molecule has 0 aliphatic rings. The van der Waals surface area contributed by atoms with Gasteiger partial charge in [0.2, 0.25) is 0 Å². The molecule has 0 aliphatic carbocycles. The maximum absolute atomic E-state index is 11.5. The number of non-ortho nitro benzene ring substituents is 1. The summed E-state index contributed by atoms with van der Waals surface area (Å²) < 4.78 is 10.1. The van der Waals surface area contributed by atoms with Crippen molar-refractivity contribution >= 4 is 11.7 Å². The molecular weight excluding hydrogens is 310 g/mol. The van der Waals surface area contributed by atoms with Gasteiger partial charge >= 0.3 is 5.97 Å². The molecule has 2 rings (SSSR count). The van der Waals surface area contributed by atoms with Gasteiger partial charge in [-0.3, -0.25) is 10.1 Å². The van der Waals surface area contributed by atoms with Gasteiger partial charge in [-0.1, -0.05) is 19.1 Å². The van der Waals surface area contributed by atoms with Crippen molar-refractivity contribution in [3.05, 3.63) is 63.7 Å². The van der Waals surface area contributed by atoms with E-state index in [1.807, 2.05) is 13.0 Å². The van der Waals surface area contributed by atoms with Gasteiger partial charge in [0, 0.05) is 18.7 Å². The monoisotopic (exact) mass is 329 g/mol. The van der Waals surface area contributed by atoms with Crippen LogP contribution in [0.5, 0.6) is 0 Å². The van der Waals surface area contributed by atoms with Crippen LogP contribution in [0.15, 0.2) is 42.5 Å². The molecule has 126 valence electrons. The van der Waals surface area contributed by atoms with Crippen LogP contribution in [0.3, 0.4) is 0 Å². The van der Waals surface area contributed by atoms with E-state index in [9.17, 15) is 14.9 Å². The molecule has 6 heteroatoms. The summed E-state index contributed by atoms with van der Waals surface area (Å²) in [5, 5.41) is 11.2. The predicted octanol–water partition coefficient (Wildman–Crippen LogP) is 3.98. The fraction of sp³-hybridized carbons (Fsp3) is 0.278. The van der Waals surface area contributed by atoms with Crippen molar-refractivity contribution in [1.29, 1.82) is 0 Å². The Hall–Kier alpha value is -2.73. The fourth-order valence-electron chi connectivity index (χ4n) is 2.28. The lowest BCUT2D eigenvalue weighted by molar-refractivity contribution is -0.384. The Kier molecular flexibility index (Phi) is 6.03. The number of nitro groups is 1. The molecule has 0 fully saturated rings. The van der Waals surface area contributed by atoms with E-state index in [4.69, 9.17) is 4.74 Å². The molecule has 0 saturated heterocycles. The molecule has 0 amide bonds. The maximum Gasteiger partial charge on any atom is 0.337 e. The molecule has 0 saturated carbocycles. The van der Waals surface area contributed by atoms with Crippen molar-refractivity contribution in [2.45, 2.75) is 20.0 Å². The second kappa shape index (κ2) is 8.21. The van der Waals surface area contributed by atoms with Crippen molar-refractivity contribution in [1.82, 2.24) is 0 Å². The van der Waals surface area contributed by atoms with Crippen LogP contribution in [-0.4, -0.2) is 24.6 Å². The van der Waals surface area contributed by atoms with E-state index >= 15 is 0 Å². The Morgan fingerprint density at radius 3 is 2.42 bits per heavy atom. The fourth-order valence-corrected chi connectivity index (χ4v) is 2.28. The Morgan fingerprint density at radius 2 is 1.83 bits per heavy atom. The molecule has 24 heavy (non-hydrogen) atoms. The maximum atomic E-state index is 11.5. The average molecular weight is 329 g/mol. The molecule has 0 radical (unpaired) electrons. The van der Waals surface area contributed by atoms with E-state index in [1.54, 1.807) is 24.3 Å². The third-order valence-electron chi connectivity index (χ3n) is 3.44. The van der Waals surface area contributed by atoms with E-state index < -0.39 is 10.9 Å². The van der Waals surface area contributed by atoms with Gasteiger partial charge in [0.15, 0.2) is 0 Å². The quantitative estimate of drug-likeness (QED) is 0.332. The summed E-state index contributed by atoms with van der Waals surface area (Å²) in [6.45, 7) is 2.93. The number of methoxy groups -OCH3 is 1. The second-order valence-corrected chi connectivity index (χ2v) is 5.27. The zero-order valence-electron chi connectivity index (χ0n) is 13.7. The van der Waals surface area contributed by atoms with Crippen LogP contribution in [0.1, 0.15) is 29.3 Å². The Labute approximate surface area is 140 Å². The first-order valence-corrected chi connectivity index (χ1v) is 7.60. The van der Waals surface area contributed by atoms with Crippen LogP contribution in [0.4, 0.5) is 5.69 Å². The Bertz CT molecular complexity index is 725. The lowest BCUT2D eigenvalue weighted by Crippen LogP contribution is -2.00. The molecule has 0 aliphatic heterocycles. The number of rotatable bonds is 7.